The van der Waals surface area contributed by atoms with Crippen LogP contribution in [0.5, 0.6) is 0 Å². The van der Waals surface area contributed by atoms with Gasteiger partial charge < -0.3 is 14.9 Å². The number of halogens is 1. The van der Waals surface area contributed by atoms with Gasteiger partial charge in [-0.2, -0.15) is 0 Å². The molecule has 0 radical (unpaired) electrons. The van der Waals surface area contributed by atoms with Crippen molar-refractivity contribution in [2.75, 3.05) is 18.7 Å². The molecule has 0 aliphatic carbocycles. The van der Waals surface area contributed by atoms with Crippen LogP contribution in [0.3, 0.4) is 0 Å². The van der Waals surface area contributed by atoms with Gasteiger partial charge in [-0.25, -0.2) is 9.59 Å². The summed E-state index contributed by atoms with van der Waals surface area (Å²) < 4.78 is 0. The number of hydrogen-bond donors (Lipinski definition) is 1. The number of carboxylic acid groups (broad SMARTS) is 1. The summed E-state index contributed by atoms with van der Waals surface area (Å²) in [6.07, 6.45) is 0. The van der Waals surface area contributed by atoms with Gasteiger partial charge in [-0.15, -0.1) is 11.8 Å². The number of thioether (sulfide) groups is 1. The van der Waals surface area contributed by atoms with Crippen LogP contribution in [0, 0.1) is 0 Å². The van der Waals surface area contributed by atoms with E-state index in [1.54, 1.807) is 19.2 Å². The molecule has 1 saturated heterocycles. The summed E-state index contributed by atoms with van der Waals surface area (Å²) in [6.45, 7) is 0.396. The molecule has 0 spiro atoms. The zero-order valence-electron chi connectivity index (χ0n) is 11.0. The van der Waals surface area contributed by atoms with Crippen LogP contribution in [0.1, 0.15) is 5.56 Å². The molecule has 20 heavy (non-hydrogen) atoms. The predicted molar refractivity (Wildman–Crippen MR) is 78.9 cm³/mol. The maximum Gasteiger partial charge on any atom is 0.327 e. The highest BCUT2D eigenvalue weighted by atomic mass is 35.5. The number of nitrogens with zero attached hydrogens (tertiary/aromatic N) is 2. The first kappa shape index (κ1) is 15.0. The zero-order valence-corrected chi connectivity index (χ0v) is 12.5. The Hall–Kier alpha value is -1.40. The van der Waals surface area contributed by atoms with Crippen molar-refractivity contribution >= 4 is 35.4 Å². The molecule has 7 heteroatoms. The van der Waals surface area contributed by atoms with Crippen LogP contribution < -0.4 is 0 Å². The maximum atomic E-state index is 12.3. The van der Waals surface area contributed by atoms with E-state index in [4.69, 9.17) is 16.7 Å². The number of urea groups is 1. The van der Waals surface area contributed by atoms with E-state index in [0.717, 1.165) is 5.56 Å². The summed E-state index contributed by atoms with van der Waals surface area (Å²) in [7, 11) is 1.66. The second-order valence-corrected chi connectivity index (χ2v) is 6.03. The van der Waals surface area contributed by atoms with Crippen molar-refractivity contribution in [1.29, 1.82) is 0 Å². The standard InChI is InChI=1S/C13H15ClN2O3S/c1-15(6-9-3-2-4-10(14)5-9)13(19)16-8-20-7-11(16)12(17)18/h2-5,11H,6-8H2,1H3,(H,17,18). The van der Waals surface area contributed by atoms with E-state index in [0.29, 0.717) is 23.2 Å². The molecule has 1 aromatic carbocycles. The van der Waals surface area contributed by atoms with Gasteiger partial charge >= 0.3 is 12.0 Å². The third-order valence-electron chi connectivity index (χ3n) is 3.05. The lowest BCUT2D eigenvalue weighted by atomic mass is 10.2. The summed E-state index contributed by atoms with van der Waals surface area (Å²) in [5.74, 6) is -0.110. The Labute approximate surface area is 126 Å². The van der Waals surface area contributed by atoms with Gasteiger partial charge in [0.25, 0.3) is 0 Å². The van der Waals surface area contributed by atoms with Crippen molar-refractivity contribution in [3.63, 3.8) is 0 Å². The fraction of sp³-hybridized carbons (Fsp3) is 0.385. The third-order valence-corrected chi connectivity index (χ3v) is 4.30. The summed E-state index contributed by atoms with van der Waals surface area (Å²) in [5, 5.41) is 9.71. The summed E-state index contributed by atoms with van der Waals surface area (Å²) >= 11 is 7.35. The minimum absolute atomic E-state index is 0.276. The van der Waals surface area contributed by atoms with Gasteiger partial charge in [0.1, 0.15) is 6.04 Å². The quantitative estimate of drug-likeness (QED) is 0.930. The SMILES string of the molecule is CN(Cc1cccc(Cl)c1)C(=O)N1CSCC1C(=O)O. The predicted octanol–water partition coefficient (Wildman–Crippen LogP) is 2.35. The van der Waals surface area contributed by atoms with E-state index in [1.165, 1.54) is 21.6 Å². The molecule has 1 N–H and O–H groups in total. The van der Waals surface area contributed by atoms with Crippen LogP contribution in [0.2, 0.25) is 5.02 Å². The lowest BCUT2D eigenvalue weighted by molar-refractivity contribution is -0.140. The minimum atomic E-state index is -0.959. The van der Waals surface area contributed by atoms with E-state index in [9.17, 15) is 9.59 Å². The lowest BCUT2D eigenvalue weighted by Gasteiger charge is -2.27. The molecule has 0 bridgehead atoms. The van der Waals surface area contributed by atoms with Crippen molar-refractivity contribution in [1.82, 2.24) is 9.80 Å². The molecule has 1 aliphatic heterocycles. The Morgan fingerprint density at radius 3 is 2.95 bits per heavy atom. The number of carboxylic acids is 1. The molecule has 0 saturated carbocycles. The molecule has 2 rings (SSSR count). The first-order valence-corrected chi connectivity index (χ1v) is 7.59. The third kappa shape index (κ3) is 3.37. The van der Waals surface area contributed by atoms with Crippen molar-refractivity contribution < 1.29 is 14.7 Å². The van der Waals surface area contributed by atoms with Gasteiger partial charge in [0.05, 0.1) is 5.88 Å². The van der Waals surface area contributed by atoms with Crippen LogP contribution in [0.15, 0.2) is 24.3 Å². The molecule has 1 unspecified atom stereocenters. The minimum Gasteiger partial charge on any atom is -0.480 e. The van der Waals surface area contributed by atoms with Gasteiger partial charge in [-0.05, 0) is 17.7 Å². The average molecular weight is 315 g/mol. The van der Waals surface area contributed by atoms with E-state index in [1.807, 2.05) is 12.1 Å². The molecule has 1 atom stereocenters. The van der Waals surface area contributed by atoms with Gasteiger partial charge in [-0.3, -0.25) is 0 Å². The van der Waals surface area contributed by atoms with Crippen LogP contribution in [0.4, 0.5) is 4.79 Å². The molecule has 1 heterocycles. The van der Waals surface area contributed by atoms with Crippen LogP contribution >= 0.6 is 23.4 Å². The number of amides is 2. The Morgan fingerprint density at radius 1 is 1.55 bits per heavy atom. The largest absolute Gasteiger partial charge is 0.480 e. The van der Waals surface area contributed by atoms with Gasteiger partial charge in [-0.1, -0.05) is 23.7 Å². The van der Waals surface area contributed by atoms with Crippen molar-refractivity contribution in [2.24, 2.45) is 0 Å². The van der Waals surface area contributed by atoms with E-state index in [2.05, 4.69) is 0 Å². The summed E-state index contributed by atoms with van der Waals surface area (Å²) in [6, 6.07) is 6.24. The first-order valence-electron chi connectivity index (χ1n) is 6.06. The molecule has 1 aromatic rings. The fourth-order valence-corrected chi connectivity index (χ4v) is 3.38. The highest BCUT2D eigenvalue weighted by molar-refractivity contribution is 7.99. The molecule has 5 nitrogen and oxygen atoms in total. The molecule has 108 valence electrons. The van der Waals surface area contributed by atoms with Crippen LogP contribution in [-0.2, 0) is 11.3 Å². The van der Waals surface area contributed by atoms with E-state index < -0.39 is 12.0 Å². The lowest BCUT2D eigenvalue weighted by Crippen LogP contribution is -2.47. The number of rotatable bonds is 3. The number of carbonyl (C=O) groups is 2. The smallest absolute Gasteiger partial charge is 0.327 e. The van der Waals surface area contributed by atoms with Crippen molar-refractivity contribution in [3.05, 3.63) is 34.9 Å². The first-order chi connectivity index (χ1) is 9.49. The number of benzene rings is 1. The normalized spacial score (nSPS) is 18.1. The second kappa shape index (κ2) is 6.37. The monoisotopic (exact) mass is 314 g/mol. The van der Waals surface area contributed by atoms with E-state index in [-0.39, 0.29) is 6.03 Å². The number of carbonyl (C=O) groups excluding carboxylic acids is 1. The Kier molecular flexibility index (Phi) is 4.77. The van der Waals surface area contributed by atoms with Crippen LogP contribution in [-0.4, -0.2) is 51.6 Å². The van der Waals surface area contributed by atoms with Crippen LogP contribution in [0.25, 0.3) is 0 Å². The maximum absolute atomic E-state index is 12.3. The zero-order chi connectivity index (χ0) is 14.7. The summed E-state index contributed by atoms with van der Waals surface area (Å²) in [4.78, 5) is 26.3. The topological polar surface area (TPSA) is 60.9 Å². The molecule has 1 aliphatic rings. The van der Waals surface area contributed by atoms with E-state index >= 15 is 0 Å². The highest BCUT2D eigenvalue weighted by Crippen LogP contribution is 2.23. The van der Waals surface area contributed by atoms with Crippen molar-refractivity contribution in [2.45, 2.75) is 12.6 Å². The Bertz CT molecular complexity index is 526. The summed E-state index contributed by atoms with van der Waals surface area (Å²) in [5.41, 5.74) is 0.909. The Balaban J connectivity index is 2.03. The molecule has 1 fully saturated rings. The van der Waals surface area contributed by atoms with Gasteiger partial charge in [0, 0.05) is 24.4 Å². The second-order valence-electron chi connectivity index (χ2n) is 4.59. The van der Waals surface area contributed by atoms with Gasteiger partial charge in [0.2, 0.25) is 0 Å². The average Bonchev–Trinajstić information content (AvgIpc) is 2.87. The fourth-order valence-electron chi connectivity index (χ4n) is 2.03. The molecular formula is C13H15ClN2O3S. The number of hydrogen-bond acceptors (Lipinski definition) is 3. The Morgan fingerprint density at radius 2 is 2.30 bits per heavy atom. The van der Waals surface area contributed by atoms with Crippen molar-refractivity contribution in [3.8, 4) is 0 Å². The molecule has 0 aromatic heterocycles. The number of aliphatic carboxylic acids is 1. The molecule has 2 amide bonds. The van der Waals surface area contributed by atoms with Gasteiger partial charge in [0.15, 0.2) is 0 Å². The molecular weight excluding hydrogens is 300 g/mol. The highest BCUT2D eigenvalue weighted by Gasteiger charge is 2.35.